The molecule has 0 aliphatic heterocycles. The summed E-state index contributed by atoms with van der Waals surface area (Å²) in [6.45, 7) is 0. The van der Waals surface area contributed by atoms with Crippen LogP contribution < -0.4 is 4.46 Å². The first-order valence-corrected chi connectivity index (χ1v) is 8.10. The van der Waals surface area contributed by atoms with Crippen molar-refractivity contribution in [1.29, 1.82) is 0 Å². The maximum atomic E-state index is 10.2. The van der Waals surface area contributed by atoms with Crippen molar-refractivity contribution in [3.63, 3.8) is 0 Å². The molecule has 0 radical (unpaired) electrons. The van der Waals surface area contributed by atoms with E-state index in [9.17, 15) is 5.11 Å². The van der Waals surface area contributed by atoms with Crippen LogP contribution in [-0.2, 0) is 0 Å². The number of aliphatic hydroxyl groups excluding tert-OH is 1. The van der Waals surface area contributed by atoms with Crippen LogP contribution in [0.1, 0.15) is 38.5 Å². The molecule has 16 heavy (non-hydrogen) atoms. The molecule has 1 aromatic carbocycles. The van der Waals surface area contributed by atoms with Gasteiger partial charge in [-0.05, 0) is 0 Å². The molecule has 0 heterocycles. The molecule has 1 N–H and O–H groups in total. The molecular weight excluding hydrogens is 263 g/mol. The molecule has 0 amide bonds. The molecule has 1 aliphatic rings. The normalized spacial score (nSPS) is 27.1. The van der Waals surface area contributed by atoms with E-state index in [1.54, 1.807) is 0 Å². The summed E-state index contributed by atoms with van der Waals surface area (Å²) in [5, 5.41) is 10.2. The standard InChI is InChI=1S/C14H20OSe/c15-13-10-6-1-2-7-11-14(13)16-12-8-4-3-5-9-12/h3-5,8-9,13-15H,1-2,6-7,10-11H2/t13-,14-/m1/s1. The van der Waals surface area contributed by atoms with Gasteiger partial charge in [-0.1, -0.05) is 0 Å². The topological polar surface area (TPSA) is 20.2 Å². The number of benzene rings is 1. The Morgan fingerprint density at radius 3 is 2.38 bits per heavy atom. The quantitative estimate of drug-likeness (QED) is 0.827. The second-order valence-electron chi connectivity index (χ2n) is 4.53. The van der Waals surface area contributed by atoms with Gasteiger partial charge in [0.25, 0.3) is 0 Å². The van der Waals surface area contributed by atoms with Crippen molar-refractivity contribution in [1.82, 2.24) is 0 Å². The Hall–Kier alpha value is -0.301. The van der Waals surface area contributed by atoms with Crippen molar-refractivity contribution < 1.29 is 5.11 Å². The first-order valence-electron chi connectivity index (χ1n) is 6.26. The Morgan fingerprint density at radius 2 is 1.62 bits per heavy atom. The molecule has 2 atom stereocenters. The summed E-state index contributed by atoms with van der Waals surface area (Å²) in [6, 6.07) is 10.7. The Labute approximate surface area is 104 Å². The third kappa shape index (κ3) is 3.62. The van der Waals surface area contributed by atoms with Crippen LogP contribution in [0.15, 0.2) is 30.3 Å². The van der Waals surface area contributed by atoms with Gasteiger partial charge in [0, 0.05) is 0 Å². The number of rotatable bonds is 2. The van der Waals surface area contributed by atoms with Gasteiger partial charge in [0.2, 0.25) is 0 Å². The Kier molecular flexibility index (Phi) is 4.90. The van der Waals surface area contributed by atoms with Crippen LogP contribution in [0.4, 0.5) is 0 Å². The minimum atomic E-state index is -0.0551. The Bertz CT molecular complexity index is 299. The number of hydrogen-bond donors (Lipinski definition) is 1. The Balaban J connectivity index is 1.95. The second kappa shape index (κ2) is 6.44. The summed E-state index contributed by atoms with van der Waals surface area (Å²) in [5.41, 5.74) is 0. The zero-order valence-corrected chi connectivity index (χ0v) is 11.4. The summed E-state index contributed by atoms with van der Waals surface area (Å²) in [7, 11) is 0. The van der Waals surface area contributed by atoms with E-state index in [0.29, 0.717) is 19.8 Å². The van der Waals surface area contributed by atoms with Crippen LogP contribution in [0.5, 0.6) is 0 Å². The first-order chi connectivity index (χ1) is 7.86. The van der Waals surface area contributed by atoms with E-state index in [1.165, 1.54) is 36.6 Å². The second-order valence-corrected chi connectivity index (χ2v) is 7.28. The molecule has 1 fully saturated rings. The van der Waals surface area contributed by atoms with Crippen molar-refractivity contribution in [2.45, 2.75) is 49.4 Å². The monoisotopic (exact) mass is 284 g/mol. The molecule has 2 rings (SSSR count). The number of aliphatic hydroxyl groups is 1. The van der Waals surface area contributed by atoms with Crippen molar-refractivity contribution in [3.8, 4) is 0 Å². The van der Waals surface area contributed by atoms with Gasteiger partial charge in [-0.25, -0.2) is 0 Å². The molecule has 1 aromatic rings. The van der Waals surface area contributed by atoms with Crippen LogP contribution in [0.2, 0.25) is 4.82 Å². The summed E-state index contributed by atoms with van der Waals surface area (Å²) >= 11 is 0.442. The van der Waals surface area contributed by atoms with E-state index in [-0.39, 0.29) is 6.10 Å². The van der Waals surface area contributed by atoms with Gasteiger partial charge in [0.05, 0.1) is 0 Å². The predicted molar refractivity (Wildman–Crippen MR) is 69.3 cm³/mol. The van der Waals surface area contributed by atoms with Crippen molar-refractivity contribution >= 4 is 19.4 Å². The van der Waals surface area contributed by atoms with E-state index < -0.39 is 0 Å². The average Bonchev–Trinajstić information content (AvgIpc) is 2.30. The summed E-state index contributed by atoms with van der Waals surface area (Å²) in [6.07, 6.45) is 7.35. The molecule has 0 bridgehead atoms. The van der Waals surface area contributed by atoms with Gasteiger partial charge in [-0.15, -0.1) is 0 Å². The molecule has 0 saturated heterocycles. The minimum absolute atomic E-state index is 0.0551. The summed E-state index contributed by atoms with van der Waals surface area (Å²) < 4.78 is 1.43. The van der Waals surface area contributed by atoms with Crippen LogP contribution in [0, 0.1) is 0 Å². The molecule has 2 heteroatoms. The Morgan fingerprint density at radius 1 is 0.938 bits per heavy atom. The van der Waals surface area contributed by atoms with Crippen molar-refractivity contribution in [3.05, 3.63) is 30.3 Å². The fraction of sp³-hybridized carbons (Fsp3) is 0.571. The molecule has 0 unspecified atom stereocenters. The molecule has 0 aromatic heterocycles. The summed E-state index contributed by atoms with van der Waals surface area (Å²) in [5.74, 6) is 0. The van der Waals surface area contributed by atoms with E-state index in [1.807, 2.05) is 0 Å². The number of hydrogen-bond acceptors (Lipinski definition) is 1. The van der Waals surface area contributed by atoms with Crippen LogP contribution >= 0.6 is 0 Å². The predicted octanol–water partition coefficient (Wildman–Crippen LogP) is 2.52. The molecule has 88 valence electrons. The van der Waals surface area contributed by atoms with E-state index in [4.69, 9.17) is 0 Å². The average molecular weight is 283 g/mol. The van der Waals surface area contributed by atoms with Gasteiger partial charge in [-0.3, -0.25) is 0 Å². The van der Waals surface area contributed by atoms with Crippen molar-refractivity contribution in [2.75, 3.05) is 0 Å². The zero-order chi connectivity index (χ0) is 11.2. The van der Waals surface area contributed by atoms with Gasteiger partial charge in [-0.2, -0.15) is 0 Å². The fourth-order valence-electron chi connectivity index (χ4n) is 2.24. The maximum absolute atomic E-state index is 10.2. The zero-order valence-electron chi connectivity index (χ0n) is 9.64. The van der Waals surface area contributed by atoms with Gasteiger partial charge in [0.15, 0.2) is 0 Å². The van der Waals surface area contributed by atoms with E-state index >= 15 is 0 Å². The van der Waals surface area contributed by atoms with Crippen LogP contribution in [0.3, 0.4) is 0 Å². The first kappa shape index (κ1) is 12.2. The molecular formula is C14H20OSe. The molecule has 1 saturated carbocycles. The van der Waals surface area contributed by atoms with E-state index in [0.717, 1.165) is 6.42 Å². The molecule has 1 nitrogen and oxygen atoms in total. The van der Waals surface area contributed by atoms with Gasteiger partial charge >= 0.3 is 104 Å². The van der Waals surface area contributed by atoms with Crippen LogP contribution in [0.25, 0.3) is 0 Å². The van der Waals surface area contributed by atoms with Gasteiger partial charge in [0.1, 0.15) is 0 Å². The SMILES string of the molecule is O[C@@H]1CCCCCC[C@H]1[Se]c1ccccc1. The van der Waals surface area contributed by atoms with Crippen molar-refractivity contribution in [2.24, 2.45) is 0 Å². The van der Waals surface area contributed by atoms with E-state index in [2.05, 4.69) is 30.3 Å². The van der Waals surface area contributed by atoms with Crippen LogP contribution in [-0.4, -0.2) is 26.2 Å². The third-order valence-electron chi connectivity index (χ3n) is 3.20. The fourth-order valence-corrected chi connectivity index (χ4v) is 4.85. The molecule has 0 spiro atoms. The summed E-state index contributed by atoms with van der Waals surface area (Å²) in [4.78, 5) is 0.537. The van der Waals surface area contributed by atoms with Gasteiger partial charge < -0.3 is 0 Å². The third-order valence-corrected chi connectivity index (χ3v) is 6.13. The molecule has 1 aliphatic carbocycles.